The van der Waals surface area contributed by atoms with Crippen LogP contribution < -0.4 is 16.6 Å². The number of nitrogens with zero attached hydrogens (tertiary/aromatic N) is 5. The van der Waals surface area contributed by atoms with Crippen LogP contribution in [-0.2, 0) is 10.8 Å². The molecule has 108 valence electrons. The first-order chi connectivity index (χ1) is 9.72. The summed E-state index contributed by atoms with van der Waals surface area (Å²) in [5.74, 6) is 7.50. The predicted octanol–water partition coefficient (Wildman–Crippen LogP) is -0.477. The van der Waals surface area contributed by atoms with Gasteiger partial charge in [-0.3, -0.25) is 14.2 Å². The summed E-state index contributed by atoms with van der Waals surface area (Å²) in [5.41, 5.74) is 2.38. The minimum absolute atomic E-state index is 0.239. The van der Waals surface area contributed by atoms with Crippen molar-refractivity contribution in [3.05, 3.63) is 18.7 Å². The summed E-state index contributed by atoms with van der Waals surface area (Å²) in [6, 6.07) is 0. The molecule has 0 fully saturated rings. The number of nitrogens with two attached hydrogens (primary N) is 1. The molecule has 0 saturated heterocycles. The van der Waals surface area contributed by atoms with Crippen molar-refractivity contribution in [2.45, 2.75) is 6.92 Å². The van der Waals surface area contributed by atoms with Crippen LogP contribution in [0.1, 0.15) is 6.92 Å². The van der Waals surface area contributed by atoms with Crippen LogP contribution in [0.2, 0.25) is 0 Å². The van der Waals surface area contributed by atoms with Crippen molar-refractivity contribution in [2.24, 2.45) is 5.84 Å². The van der Waals surface area contributed by atoms with Gasteiger partial charge in [-0.05, 0) is 0 Å². The van der Waals surface area contributed by atoms with E-state index in [0.29, 0.717) is 29.9 Å². The molecular weight excluding hydrogens is 280 g/mol. The smallest absolute Gasteiger partial charge is 0.243 e. The highest BCUT2D eigenvalue weighted by Crippen LogP contribution is 2.08. The first-order valence-corrected chi connectivity index (χ1v) is 7.51. The third-order valence-electron chi connectivity index (χ3n) is 2.42. The lowest BCUT2D eigenvalue weighted by molar-refractivity contribution is 0.684. The molecule has 10 heteroatoms. The molecule has 0 spiro atoms. The van der Waals surface area contributed by atoms with Gasteiger partial charge >= 0.3 is 0 Å². The fourth-order valence-electron chi connectivity index (χ4n) is 1.42. The fourth-order valence-corrected chi connectivity index (χ4v) is 2.04. The van der Waals surface area contributed by atoms with Gasteiger partial charge in [-0.15, -0.1) is 0 Å². The van der Waals surface area contributed by atoms with Gasteiger partial charge in [-0.25, -0.2) is 10.8 Å². The minimum atomic E-state index is -0.832. The lowest BCUT2D eigenvalue weighted by Gasteiger charge is -2.08. The maximum atomic E-state index is 11.4. The van der Waals surface area contributed by atoms with E-state index in [2.05, 4.69) is 30.7 Å². The van der Waals surface area contributed by atoms with E-state index in [0.717, 1.165) is 0 Å². The molecule has 20 heavy (non-hydrogen) atoms. The first-order valence-electron chi connectivity index (χ1n) is 6.02. The van der Waals surface area contributed by atoms with Crippen molar-refractivity contribution in [3.8, 4) is 5.95 Å². The molecule has 0 aliphatic heterocycles. The van der Waals surface area contributed by atoms with E-state index in [1.165, 1.54) is 0 Å². The summed E-state index contributed by atoms with van der Waals surface area (Å²) in [5, 5.41) is 3.00. The Morgan fingerprint density at radius 3 is 2.80 bits per heavy atom. The normalized spacial score (nSPS) is 12.1. The number of aromatic nitrogens is 5. The third-order valence-corrected chi connectivity index (χ3v) is 3.73. The molecule has 0 bridgehead atoms. The maximum absolute atomic E-state index is 11.4. The van der Waals surface area contributed by atoms with E-state index >= 15 is 0 Å². The largest absolute Gasteiger partial charge is 0.353 e. The molecular formula is C10H16N8OS. The lowest BCUT2D eigenvalue weighted by atomic mass is 10.7. The number of hydrogen-bond donors (Lipinski definition) is 3. The van der Waals surface area contributed by atoms with Crippen LogP contribution in [0, 0.1) is 0 Å². The van der Waals surface area contributed by atoms with Gasteiger partial charge in [0.2, 0.25) is 17.8 Å². The summed E-state index contributed by atoms with van der Waals surface area (Å²) in [4.78, 5) is 16.4. The molecule has 9 nitrogen and oxygen atoms in total. The van der Waals surface area contributed by atoms with E-state index in [-0.39, 0.29) is 5.95 Å². The Hall–Kier alpha value is -2.07. The van der Waals surface area contributed by atoms with Gasteiger partial charge in [-0.1, -0.05) is 6.92 Å². The van der Waals surface area contributed by atoms with E-state index in [1.54, 1.807) is 23.3 Å². The summed E-state index contributed by atoms with van der Waals surface area (Å²) in [7, 11) is -0.832. The molecule has 2 aromatic heterocycles. The zero-order valence-corrected chi connectivity index (χ0v) is 11.8. The molecule has 1 unspecified atom stereocenters. The Labute approximate surface area is 118 Å². The van der Waals surface area contributed by atoms with E-state index in [4.69, 9.17) is 5.84 Å². The first kappa shape index (κ1) is 14.3. The highest BCUT2D eigenvalue weighted by molar-refractivity contribution is 7.84. The third kappa shape index (κ3) is 3.71. The molecule has 0 aromatic carbocycles. The van der Waals surface area contributed by atoms with Crippen molar-refractivity contribution in [3.63, 3.8) is 0 Å². The van der Waals surface area contributed by atoms with Crippen LogP contribution in [0.4, 0.5) is 11.9 Å². The Morgan fingerprint density at radius 1 is 1.35 bits per heavy atom. The number of anilines is 2. The number of hydrazine groups is 1. The second-order valence-corrected chi connectivity index (χ2v) is 5.62. The fraction of sp³-hybridized carbons (Fsp3) is 0.400. The van der Waals surface area contributed by atoms with Crippen molar-refractivity contribution < 1.29 is 4.21 Å². The van der Waals surface area contributed by atoms with Crippen LogP contribution in [0.3, 0.4) is 0 Å². The maximum Gasteiger partial charge on any atom is 0.243 e. The SMILES string of the molecule is CCS(=O)CCNc1nc(NN)nc(-n2ccnc2)n1. The van der Waals surface area contributed by atoms with Gasteiger partial charge in [0.25, 0.3) is 0 Å². The molecule has 0 aliphatic carbocycles. The topological polar surface area (TPSA) is 124 Å². The van der Waals surface area contributed by atoms with Crippen LogP contribution in [-0.4, -0.2) is 46.8 Å². The standard InChI is InChI=1S/C10H16N8OS/c1-2-20(19)6-4-13-8-14-9(17-11)16-10(15-8)18-5-3-12-7-18/h3,5,7H,2,4,6,11H2,1H3,(H2,13,14,15,16,17). The number of nitrogens with one attached hydrogen (secondary N) is 2. The molecule has 0 radical (unpaired) electrons. The highest BCUT2D eigenvalue weighted by Gasteiger charge is 2.07. The monoisotopic (exact) mass is 296 g/mol. The van der Waals surface area contributed by atoms with E-state index in [9.17, 15) is 4.21 Å². The number of hydrogen-bond acceptors (Lipinski definition) is 8. The van der Waals surface area contributed by atoms with Gasteiger partial charge in [0.1, 0.15) is 6.33 Å². The summed E-state index contributed by atoms with van der Waals surface area (Å²) >= 11 is 0. The van der Waals surface area contributed by atoms with Crippen molar-refractivity contribution in [1.29, 1.82) is 0 Å². The second kappa shape index (κ2) is 6.91. The zero-order chi connectivity index (χ0) is 14.4. The second-order valence-electron chi connectivity index (χ2n) is 3.76. The average Bonchev–Trinajstić information content (AvgIpc) is 3.01. The highest BCUT2D eigenvalue weighted by atomic mass is 32.2. The van der Waals surface area contributed by atoms with Crippen molar-refractivity contribution in [1.82, 2.24) is 24.5 Å². The summed E-state index contributed by atoms with van der Waals surface area (Å²) < 4.78 is 13.0. The Morgan fingerprint density at radius 2 is 2.15 bits per heavy atom. The number of rotatable bonds is 7. The Bertz CT molecular complexity index is 573. The van der Waals surface area contributed by atoms with E-state index in [1.807, 2.05) is 6.92 Å². The Balaban J connectivity index is 2.12. The molecule has 2 heterocycles. The van der Waals surface area contributed by atoms with Gasteiger partial charge in [0, 0.05) is 41.2 Å². The Kier molecular flexibility index (Phi) is 4.96. The molecule has 2 rings (SSSR count). The number of imidazole rings is 1. The molecule has 2 aromatic rings. The van der Waals surface area contributed by atoms with Crippen LogP contribution >= 0.6 is 0 Å². The van der Waals surface area contributed by atoms with Crippen molar-refractivity contribution >= 4 is 22.7 Å². The quantitative estimate of drug-likeness (QED) is 0.462. The minimum Gasteiger partial charge on any atom is -0.353 e. The van der Waals surface area contributed by atoms with Gasteiger partial charge in [0.05, 0.1) is 0 Å². The van der Waals surface area contributed by atoms with Crippen LogP contribution in [0.15, 0.2) is 18.7 Å². The lowest BCUT2D eigenvalue weighted by Crippen LogP contribution is -2.18. The summed E-state index contributed by atoms with van der Waals surface area (Å²) in [6.45, 7) is 2.39. The van der Waals surface area contributed by atoms with Gasteiger partial charge < -0.3 is 5.32 Å². The van der Waals surface area contributed by atoms with Gasteiger partial charge in [0.15, 0.2) is 0 Å². The average molecular weight is 296 g/mol. The van der Waals surface area contributed by atoms with E-state index < -0.39 is 10.8 Å². The summed E-state index contributed by atoms with van der Waals surface area (Å²) in [6.07, 6.45) is 4.91. The van der Waals surface area contributed by atoms with Gasteiger partial charge in [-0.2, -0.15) is 15.0 Å². The van der Waals surface area contributed by atoms with Crippen LogP contribution in [0.5, 0.6) is 0 Å². The van der Waals surface area contributed by atoms with Crippen LogP contribution in [0.25, 0.3) is 5.95 Å². The molecule has 1 atom stereocenters. The predicted molar refractivity (Wildman–Crippen MR) is 76.8 cm³/mol. The molecule has 0 saturated carbocycles. The zero-order valence-electron chi connectivity index (χ0n) is 11.0. The molecule has 4 N–H and O–H groups in total. The molecule has 0 aliphatic rings. The van der Waals surface area contributed by atoms with Crippen molar-refractivity contribution in [2.75, 3.05) is 28.8 Å². The number of nitrogen functional groups attached to an aromatic ring is 1. The molecule has 0 amide bonds.